The fourth-order valence-electron chi connectivity index (χ4n) is 2.04. The van der Waals surface area contributed by atoms with Crippen molar-refractivity contribution in [2.24, 2.45) is 0 Å². The summed E-state index contributed by atoms with van der Waals surface area (Å²) < 4.78 is 0. The minimum Gasteiger partial charge on any atom is -0.354 e. The van der Waals surface area contributed by atoms with Gasteiger partial charge < -0.3 is 5.32 Å². The van der Waals surface area contributed by atoms with Gasteiger partial charge in [-0.25, -0.2) is 0 Å². The van der Waals surface area contributed by atoms with Crippen molar-refractivity contribution in [3.8, 4) is 6.07 Å². The standard InChI is InChI=1S/C16H10ClN3/c17-12-5-7-13(8-6-12)20-16-11(9-18)10-19-15-4-2-1-3-14(15)16/h1-8,10H,(H,19,20). The van der Waals surface area contributed by atoms with E-state index in [1.165, 1.54) is 0 Å². The third kappa shape index (κ3) is 2.29. The maximum Gasteiger partial charge on any atom is 0.103 e. The highest BCUT2D eigenvalue weighted by Gasteiger charge is 2.08. The van der Waals surface area contributed by atoms with Crippen LogP contribution in [0.15, 0.2) is 54.7 Å². The molecule has 0 bridgehead atoms. The van der Waals surface area contributed by atoms with E-state index in [1.54, 1.807) is 18.3 Å². The number of nitrogens with zero attached hydrogens (tertiary/aromatic N) is 2. The second kappa shape index (κ2) is 5.20. The van der Waals surface area contributed by atoms with Gasteiger partial charge in [0, 0.05) is 22.3 Å². The Morgan fingerprint density at radius 1 is 1.05 bits per heavy atom. The van der Waals surface area contributed by atoms with Crippen molar-refractivity contribution in [2.45, 2.75) is 0 Å². The second-order valence-corrected chi connectivity index (χ2v) is 4.74. The van der Waals surface area contributed by atoms with Crippen molar-refractivity contribution in [2.75, 3.05) is 5.32 Å². The molecule has 0 saturated heterocycles. The molecule has 96 valence electrons. The third-order valence-electron chi connectivity index (χ3n) is 3.01. The van der Waals surface area contributed by atoms with Crippen LogP contribution in [0.5, 0.6) is 0 Å². The predicted octanol–water partition coefficient (Wildman–Crippen LogP) is 4.50. The lowest BCUT2D eigenvalue weighted by molar-refractivity contribution is 1.36. The maximum atomic E-state index is 9.25. The quantitative estimate of drug-likeness (QED) is 0.751. The van der Waals surface area contributed by atoms with Gasteiger partial charge in [0.05, 0.1) is 16.8 Å². The van der Waals surface area contributed by atoms with Gasteiger partial charge in [-0.1, -0.05) is 29.8 Å². The molecular weight excluding hydrogens is 270 g/mol. The first-order valence-electron chi connectivity index (χ1n) is 6.08. The lowest BCUT2D eigenvalue weighted by Crippen LogP contribution is -1.96. The summed E-state index contributed by atoms with van der Waals surface area (Å²) in [5.74, 6) is 0. The SMILES string of the molecule is N#Cc1cnc2ccccc2c1Nc1ccc(Cl)cc1. The van der Waals surface area contributed by atoms with Crippen molar-refractivity contribution in [1.82, 2.24) is 4.98 Å². The molecule has 1 heterocycles. The fraction of sp³-hybridized carbons (Fsp3) is 0. The number of hydrogen-bond donors (Lipinski definition) is 1. The van der Waals surface area contributed by atoms with Gasteiger partial charge in [0.2, 0.25) is 0 Å². The smallest absolute Gasteiger partial charge is 0.103 e. The molecule has 0 aliphatic carbocycles. The number of pyridine rings is 1. The van der Waals surface area contributed by atoms with E-state index in [4.69, 9.17) is 11.6 Å². The number of halogens is 1. The number of hydrogen-bond acceptors (Lipinski definition) is 3. The number of rotatable bonds is 2. The Morgan fingerprint density at radius 2 is 1.80 bits per heavy atom. The van der Waals surface area contributed by atoms with E-state index in [9.17, 15) is 5.26 Å². The topological polar surface area (TPSA) is 48.7 Å². The monoisotopic (exact) mass is 279 g/mol. The van der Waals surface area contributed by atoms with E-state index < -0.39 is 0 Å². The number of fused-ring (bicyclic) bond motifs is 1. The van der Waals surface area contributed by atoms with Crippen LogP contribution in [0.3, 0.4) is 0 Å². The van der Waals surface area contributed by atoms with Crippen molar-refractivity contribution in [1.29, 1.82) is 5.26 Å². The summed E-state index contributed by atoms with van der Waals surface area (Å²) in [4.78, 5) is 4.28. The Labute approximate surface area is 121 Å². The van der Waals surface area contributed by atoms with Crippen molar-refractivity contribution in [3.63, 3.8) is 0 Å². The molecule has 4 heteroatoms. The average molecular weight is 280 g/mol. The molecule has 0 radical (unpaired) electrons. The highest BCUT2D eigenvalue weighted by Crippen LogP contribution is 2.28. The molecule has 3 aromatic rings. The molecule has 1 aromatic heterocycles. The molecular formula is C16H10ClN3. The minimum atomic E-state index is 0.513. The van der Waals surface area contributed by atoms with E-state index in [1.807, 2.05) is 36.4 Å². The number of aromatic nitrogens is 1. The largest absolute Gasteiger partial charge is 0.354 e. The molecule has 0 fully saturated rings. The van der Waals surface area contributed by atoms with Gasteiger partial charge in [0.15, 0.2) is 0 Å². The summed E-state index contributed by atoms with van der Waals surface area (Å²) in [6.45, 7) is 0. The number of anilines is 2. The highest BCUT2D eigenvalue weighted by molar-refractivity contribution is 6.30. The van der Waals surface area contributed by atoms with Crippen LogP contribution < -0.4 is 5.32 Å². The number of nitriles is 1. The lowest BCUT2D eigenvalue weighted by Gasteiger charge is -2.11. The third-order valence-corrected chi connectivity index (χ3v) is 3.26. The summed E-state index contributed by atoms with van der Waals surface area (Å²) in [5.41, 5.74) is 3.00. The Balaban J connectivity index is 2.14. The zero-order chi connectivity index (χ0) is 13.9. The van der Waals surface area contributed by atoms with E-state index >= 15 is 0 Å². The molecule has 0 aliphatic rings. The Hall–Kier alpha value is -2.57. The van der Waals surface area contributed by atoms with Gasteiger partial charge in [-0.05, 0) is 30.3 Å². The average Bonchev–Trinajstić information content (AvgIpc) is 2.50. The minimum absolute atomic E-state index is 0.513. The second-order valence-electron chi connectivity index (χ2n) is 4.31. The number of benzene rings is 2. The van der Waals surface area contributed by atoms with Crippen LogP contribution in [0.2, 0.25) is 5.02 Å². The van der Waals surface area contributed by atoms with E-state index in [-0.39, 0.29) is 0 Å². The van der Waals surface area contributed by atoms with Crippen LogP contribution in [0, 0.1) is 11.3 Å². The molecule has 0 atom stereocenters. The first-order valence-corrected chi connectivity index (χ1v) is 6.46. The summed E-state index contributed by atoms with van der Waals surface area (Å²) in [5, 5.41) is 14.1. The zero-order valence-corrected chi connectivity index (χ0v) is 11.2. The van der Waals surface area contributed by atoms with Crippen molar-refractivity contribution < 1.29 is 0 Å². The summed E-state index contributed by atoms with van der Waals surface area (Å²) in [7, 11) is 0. The lowest BCUT2D eigenvalue weighted by atomic mass is 10.1. The number of para-hydroxylation sites is 1. The van der Waals surface area contributed by atoms with Crippen molar-refractivity contribution in [3.05, 3.63) is 65.3 Å². The van der Waals surface area contributed by atoms with Gasteiger partial charge in [0.1, 0.15) is 6.07 Å². The summed E-state index contributed by atoms with van der Waals surface area (Å²) in [6, 6.07) is 17.2. The van der Waals surface area contributed by atoms with Gasteiger partial charge in [-0.2, -0.15) is 5.26 Å². The van der Waals surface area contributed by atoms with Gasteiger partial charge in [-0.3, -0.25) is 4.98 Å². The van der Waals surface area contributed by atoms with Gasteiger partial charge in [0.25, 0.3) is 0 Å². The molecule has 1 N–H and O–H groups in total. The Bertz CT molecular complexity index is 804. The van der Waals surface area contributed by atoms with Crippen LogP contribution >= 0.6 is 11.6 Å². The van der Waals surface area contributed by atoms with Crippen molar-refractivity contribution >= 4 is 33.9 Å². The van der Waals surface area contributed by atoms with Crippen LogP contribution in [0.1, 0.15) is 5.56 Å². The molecule has 0 spiro atoms. The molecule has 3 nitrogen and oxygen atoms in total. The molecule has 2 aromatic carbocycles. The molecule has 3 rings (SSSR count). The van der Waals surface area contributed by atoms with E-state index in [0.717, 1.165) is 22.3 Å². The molecule has 0 amide bonds. The normalized spacial score (nSPS) is 10.2. The summed E-state index contributed by atoms with van der Waals surface area (Å²) >= 11 is 5.88. The Morgan fingerprint density at radius 3 is 2.55 bits per heavy atom. The van der Waals surface area contributed by atoms with Crippen LogP contribution in [0.4, 0.5) is 11.4 Å². The fourth-order valence-corrected chi connectivity index (χ4v) is 2.16. The number of nitrogens with one attached hydrogen (secondary N) is 1. The van der Waals surface area contributed by atoms with Gasteiger partial charge >= 0.3 is 0 Å². The van der Waals surface area contributed by atoms with E-state index in [0.29, 0.717) is 10.6 Å². The molecule has 0 aliphatic heterocycles. The first-order chi connectivity index (χ1) is 9.78. The molecule has 0 unspecified atom stereocenters. The zero-order valence-electron chi connectivity index (χ0n) is 10.5. The maximum absolute atomic E-state index is 9.25. The summed E-state index contributed by atoms with van der Waals surface area (Å²) in [6.07, 6.45) is 1.58. The van der Waals surface area contributed by atoms with E-state index in [2.05, 4.69) is 16.4 Å². The molecule has 0 saturated carbocycles. The van der Waals surface area contributed by atoms with Crippen LogP contribution in [-0.2, 0) is 0 Å². The Kier molecular flexibility index (Phi) is 3.24. The molecule has 20 heavy (non-hydrogen) atoms. The predicted molar refractivity (Wildman–Crippen MR) is 81.2 cm³/mol. The highest BCUT2D eigenvalue weighted by atomic mass is 35.5. The van der Waals surface area contributed by atoms with Crippen LogP contribution in [-0.4, -0.2) is 4.98 Å². The van der Waals surface area contributed by atoms with Gasteiger partial charge in [-0.15, -0.1) is 0 Å². The van der Waals surface area contributed by atoms with Crippen LogP contribution in [0.25, 0.3) is 10.9 Å². The first kappa shape index (κ1) is 12.5.